The lowest BCUT2D eigenvalue weighted by atomic mass is 10.1. The summed E-state index contributed by atoms with van der Waals surface area (Å²) in [5, 5.41) is 2.84. The zero-order valence-electron chi connectivity index (χ0n) is 18.5. The molecule has 0 aliphatic rings. The van der Waals surface area contributed by atoms with Gasteiger partial charge in [-0.2, -0.15) is 0 Å². The summed E-state index contributed by atoms with van der Waals surface area (Å²) in [5.41, 5.74) is 2.60. The number of benzene rings is 2. The van der Waals surface area contributed by atoms with Crippen molar-refractivity contribution < 1.29 is 4.79 Å². The van der Waals surface area contributed by atoms with E-state index in [1.165, 1.54) is 14.7 Å². The number of carbonyl (C=O) groups excluding carboxylic acids is 1. The number of hydrogen-bond donors (Lipinski definition) is 1. The molecule has 7 nitrogen and oxygen atoms in total. The molecule has 0 bridgehead atoms. The van der Waals surface area contributed by atoms with Gasteiger partial charge in [-0.1, -0.05) is 60.2 Å². The van der Waals surface area contributed by atoms with Crippen LogP contribution in [0.2, 0.25) is 0 Å². The molecule has 0 fully saturated rings. The number of nitrogens with one attached hydrogen (secondary N) is 1. The van der Waals surface area contributed by atoms with Crippen molar-refractivity contribution in [3.8, 4) is 0 Å². The van der Waals surface area contributed by atoms with Crippen LogP contribution in [0.25, 0.3) is 11.2 Å². The third-order valence-electron chi connectivity index (χ3n) is 5.56. The predicted molar refractivity (Wildman–Crippen MR) is 128 cm³/mol. The maximum absolute atomic E-state index is 12.9. The molecule has 0 atom stereocenters. The third-order valence-corrected chi connectivity index (χ3v) is 5.56. The number of nitrogens with zero attached hydrogens (tertiary/aromatic N) is 3. The summed E-state index contributed by atoms with van der Waals surface area (Å²) in [6, 6.07) is 21.2. The summed E-state index contributed by atoms with van der Waals surface area (Å²) in [4.78, 5) is 42.7. The average Bonchev–Trinajstić information content (AvgIpc) is 2.84. The fraction of sp³-hybridized carbons (Fsp3) is 0.231. The fourth-order valence-electron chi connectivity index (χ4n) is 3.79. The molecule has 1 N–H and O–H groups in total. The molecule has 168 valence electrons. The number of fused-ring (bicyclic) bond motifs is 1. The van der Waals surface area contributed by atoms with Gasteiger partial charge in [0.25, 0.3) is 0 Å². The lowest BCUT2D eigenvalue weighted by molar-refractivity contribution is -0.121. The average molecular weight is 443 g/mol. The van der Waals surface area contributed by atoms with E-state index in [0.717, 1.165) is 24.0 Å². The van der Waals surface area contributed by atoms with Gasteiger partial charge in [-0.3, -0.25) is 23.5 Å². The van der Waals surface area contributed by atoms with Crippen molar-refractivity contribution in [1.82, 2.24) is 19.4 Å². The highest BCUT2D eigenvalue weighted by atomic mass is 16.2. The number of aryl methyl sites for hydroxylation is 2. The van der Waals surface area contributed by atoms with Gasteiger partial charge >= 0.3 is 11.1 Å². The molecule has 0 radical (unpaired) electrons. The molecule has 2 aromatic carbocycles. The van der Waals surface area contributed by atoms with Crippen molar-refractivity contribution in [3.05, 3.63) is 110 Å². The first-order valence-corrected chi connectivity index (χ1v) is 11.0. The van der Waals surface area contributed by atoms with Crippen molar-refractivity contribution in [3.63, 3.8) is 0 Å². The van der Waals surface area contributed by atoms with E-state index in [-0.39, 0.29) is 19.0 Å². The van der Waals surface area contributed by atoms with Gasteiger partial charge in [0.1, 0.15) is 6.54 Å². The first-order valence-electron chi connectivity index (χ1n) is 11.0. The van der Waals surface area contributed by atoms with Gasteiger partial charge in [0.05, 0.1) is 12.1 Å². The molecule has 0 saturated carbocycles. The van der Waals surface area contributed by atoms with Crippen molar-refractivity contribution in [2.75, 3.05) is 6.54 Å². The molecular weight excluding hydrogens is 416 g/mol. The molecule has 0 aliphatic heterocycles. The van der Waals surface area contributed by atoms with E-state index in [4.69, 9.17) is 0 Å². The predicted octanol–water partition coefficient (Wildman–Crippen LogP) is 2.66. The summed E-state index contributed by atoms with van der Waals surface area (Å²) in [6.07, 6.45) is 3.21. The van der Waals surface area contributed by atoms with Crippen LogP contribution < -0.4 is 16.4 Å². The number of pyridine rings is 1. The van der Waals surface area contributed by atoms with E-state index >= 15 is 0 Å². The zero-order chi connectivity index (χ0) is 23.2. The Morgan fingerprint density at radius 1 is 0.879 bits per heavy atom. The normalized spacial score (nSPS) is 10.9. The molecule has 0 aliphatic carbocycles. The van der Waals surface area contributed by atoms with E-state index in [2.05, 4.69) is 10.3 Å². The maximum atomic E-state index is 12.9. The summed E-state index contributed by atoms with van der Waals surface area (Å²) >= 11 is 0. The Balaban J connectivity index is 1.52. The largest absolute Gasteiger partial charge is 0.355 e. The third kappa shape index (κ3) is 5.26. The van der Waals surface area contributed by atoms with E-state index in [9.17, 15) is 14.4 Å². The minimum Gasteiger partial charge on any atom is -0.355 e. The van der Waals surface area contributed by atoms with E-state index in [0.29, 0.717) is 17.7 Å². The van der Waals surface area contributed by atoms with Crippen LogP contribution in [0.3, 0.4) is 0 Å². The van der Waals surface area contributed by atoms with Gasteiger partial charge in [0, 0.05) is 12.7 Å². The molecule has 4 aromatic rings. The highest BCUT2D eigenvalue weighted by Gasteiger charge is 2.16. The van der Waals surface area contributed by atoms with Gasteiger partial charge in [0.15, 0.2) is 5.65 Å². The molecule has 0 spiro atoms. The van der Waals surface area contributed by atoms with Crippen LogP contribution >= 0.6 is 0 Å². The quantitative estimate of drug-likeness (QED) is 0.336. The van der Waals surface area contributed by atoms with E-state index in [1.54, 1.807) is 18.3 Å². The summed E-state index contributed by atoms with van der Waals surface area (Å²) in [7, 11) is 0. The van der Waals surface area contributed by atoms with Gasteiger partial charge in [-0.15, -0.1) is 0 Å². The van der Waals surface area contributed by atoms with Crippen LogP contribution in [0.15, 0.2) is 82.5 Å². The lowest BCUT2D eigenvalue weighted by Gasteiger charge is -2.14. The van der Waals surface area contributed by atoms with Gasteiger partial charge < -0.3 is 5.32 Å². The summed E-state index contributed by atoms with van der Waals surface area (Å²) in [5.74, 6) is -0.314. The molecule has 4 rings (SSSR count). The molecule has 2 heterocycles. The number of hydrogen-bond acceptors (Lipinski definition) is 4. The first kappa shape index (κ1) is 22.2. The van der Waals surface area contributed by atoms with Gasteiger partial charge in [-0.05, 0) is 43.0 Å². The topological polar surface area (TPSA) is 86.0 Å². The Bertz CT molecular complexity index is 1370. The van der Waals surface area contributed by atoms with Crippen LogP contribution in [0.4, 0.5) is 0 Å². The molecule has 0 unspecified atom stereocenters. The molecule has 33 heavy (non-hydrogen) atoms. The molecule has 1 amide bonds. The van der Waals surface area contributed by atoms with Crippen LogP contribution in [0, 0.1) is 6.92 Å². The van der Waals surface area contributed by atoms with Crippen molar-refractivity contribution >= 4 is 17.1 Å². The highest BCUT2D eigenvalue weighted by Crippen LogP contribution is 2.11. The standard InChI is InChI=1S/C26H26N4O3/c1-19-11-13-21(14-12-19)17-30-24-22(10-6-16-28-24)29(25(32)26(30)33)18-23(31)27-15-5-9-20-7-3-2-4-8-20/h2-4,6-8,10-14,16H,5,9,15,17-18H2,1H3,(H,27,31). The van der Waals surface area contributed by atoms with Crippen LogP contribution in [-0.2, 0) is 24.3 Å². The maximum Gasteiger partial charge on any atom is 0.318 e. The van der Waals surface area contributed by atoms with Gasteiger partial charge in [0.2, 0.25) is 5.91 Å². The number of rotatable bonds is 8. The minimum atomic E-state index is -0.734. The smallest absolute Gasteiger partial charge is 0.318 e. The summed E-state index contributed by atoms with van der Waals surface area (Å²) < 4.78 is 2.58. The Morgan fingerprint density at radius 3 is 2.36 bits per heavy atom. The molecule has 0 saturated heterocycles. The fourth-order valence-corrected chi connectivity index (χ4v) is 3.79. The number of carbonyl (C=O) groups is 1. The monoisotopic (exact) mass is 442 g/mol. The Kier molecular flexibility index (Phi) is 6.78. The molecular formula is C26H26N4O3. The minimum absolute atomic E-state index is 0.229. The van der Waals surface area contributed by atoms with E-state index < -0.39 is 11.1 Å². The van der Waals surface area contributed by atoms with Gasteiger partial charge in [-0.25, -0.2) is 4.98 Å². The number of aromatic nitrogens is 3. The van der Waals surface area contributed by atoms with Crippen LogP contribution in [0.5, 0.6) is 0 Å². The Hall–Kier alpha value is -4.00. The second kappa shape index (κ2) is 10.1. The second-order valence-electron chi connectivity index (χ2n) is 8.05. The molecule has 7 heteroatoms. The highest BCUT2D eigenvalue weighted by molar-refractivity contribution is 5.78. The Morgan fingerprint density at radius 2 is 1.61 bits per heavy atom. The second-order valence-corrected chi connectivity index (χ2v) is 8.05. The SMILES string of the molecule is Cc1ccc(Cn2c(=O)c(=O)n(CC(=O)NCCCc3ccccc3)c3cccnc32)cc1. The number of amides is 1. The van der Waals surface area contributed by atoms with E-state index in [1.807, 2.05) is 61.5 Å². The Labute approximate surface area is 191 Å². The lowest BCUT2D eigenvalue weighted by Crippen LogP contribution is -2.44. The summed E-state index contributed by atoms with van der Waals surface area (Å²) in [6.45, 7) is 2.48. The van der Waals surface area contributed by atoms with Crippen LogP contribution in [0.1, 0.15) is 23.1 Å². The first-order chi connectivity index (χ1) is 16.0. The van der Waals surface area contributed by atoms with Crippen molar-refractivity contribution in [2.45, 2.75) is 32.9 Å². The van der Waals surface area contributed by atoms with Crippen molar-refractivity contribution in [2.24, 2.45) is 0 Å². The molecule has 2 aromatic heterocycles. The zero-order valence-corrected chi connectivity index (χ0v) is 18.5. The van der Waals surface area contributed by atoms with Crippen molar-refractivity contribution in [1.29, 1.82) is 0 Å². The van der Waals surface area contributed by atoms with Crippen LogP contribution in [-0.4, -0.2) is 26.6 Å².